The highest BCUT2D eigenvalue weighted by Crippen LogP contribution is 2.11. The Labute approximate surface area is 74.8 Å². The molecule has 0 radical (unpaired) electrons. The minimum atomic E-state index is 0.274. The van der Waals surface area contributed by atoms with E-state index in [1.54, 1.807) is 0 Å². The Morgan fingerprint density at radius 2 is 2.42 bits per heavy atom. The van der Waals surface area contributed by atoms with Gasteiger partial charge in [0.05, 0.1) is 6.10 Å². The second-order valence-electron chi connectivity index (χ2n) is 3.55. The number of hydrogen-bond donors (Lipinski definition) is 1. The summed E-state index contributed by atoms with van der Waals surface area (Å²) >= 11 is 0. The molecule has 0 aromatic heterocycles. The van der Waals surface area contributed by atoms with E-state index in [0.29, 0.717) is 0 Å². The van der Waals surface area contributed by atoms with Gasteiger partial charge in [-0.15, -0.1) is 0 Å². The van der Waals surface area contributed by atoms with Crippen LogP contribution in [0, 0.1) is 0 Å². The van der Waals surface area contributed by atoms with Crippen molar-refractivity contribution in [2.24, 2.45) is 5.90 Å². The standard InChI is InChI=1S/C9H20N2O/c1-2-3-6-11-7-4-5-9(8-11)12-10/h9H,2-8,10H2,1H3. The number of nitrogens with two attached hydrogens (primary N) is 1. The number of likely N-dealkylation sites (tertiary alicyclic amines) is 1. The maximum atomic E-state index is 5.17. The minimum absolute atomic E-state index is 0.274. The Bertz CT molecular complexity index is 119. The second kappa shape index (κ2) is 5.51. The minimum Gasteiger partial charge on any atom is -0.301 e. The lowest BCUT2D eigenvalue weighted by Gasteiger charge is -2.31. The summed E-state index contributed by atoms with van der Waals surface area (Å²) in [6.07, 6.45) is 5.18. The van der Waals surface area contributed by atoms with E-state index in [2.05, 4.69) is 11.8 Å². The fourth-order valence-electron chi connectivity index (χ4n) is 1.71. The normalized spacial score (nSPS) is 26.0. The average Bonchev–Trinajstić information content (AvgIpc) is 2.15. The first kappa shape index (κ1) is 9.96. The van der Waals surface area contributed by atoms with Gasteiger partial charge in [0.15, 0.2) is 0 Å². The quantitative estimate of drug-likeness (QED) is 0.646. The van der Waals surface area contributed by atoms with Crippen molar-refractivity contribution in [3.05, 3.63) is 0 Å². The molecule has 0 aromatic carbocycles. The van der Waals surface area contributed by atoms with E-state index in [0.717, 1.165) is 13.0 Å². The molecule has 1 heterocycles. The van der Waals surface area contributed by atoms with Crippen molar-refractivity contribution >= 4 is 0 Å². The molecule has 3 heteroatoms. The van der Waals surface area contributed by atoms with Gasteiger partial charge in [0.25, 0.3) is 0 Å². The van der Waals surface area contributed by atoms with Gasteiger partial charge in [-0.1, -0.05) is 13.3 Å². The maximum absolute atomic E-state index is 5.17. The van der Waals surface area contributed by atoms with Gasteiger partial charge in [0, 0.05) is 6.54 Å². The number of hydrogen-bond acceptors (Lipinski definition) is 3. The molecule has 1 aliphatic heterocycles. The van der Waals surface area contributed by atoms with E-state index in [4.69, 9.17) is 10.7 Å². The first-order valence-corrected chi connectivity index (χ1v) is 4.94. The van der Waals surface area contributed by atoms with Crippen molar-refractivity contribution in [3.63, 3.8) is 0 Å². The Morgan fingerprint density at radius 3 is 3.08 bits per heavy atom. The van der Waals surface area contributed by atoms with Gasteiger partial charge in [0.1, 0.15) is 0 Å². The molecule has 3 nitrogen and oxygen atoms in total. The van der Waals surface area contributed by atoms with E-state index in [9.17, 15) is 0 Å². The summed E-state index contributed by atoms with van der Waals surface area (Å²) < 4.78 is 0. The Hall–Kier alpha value is -0.120. The third-order valence-corrected chi connectivity index (χ3v) is 2.48. The van der Waals surface area contributed by atoms with Crippen molar-refractivity contribution in [1.29, 1.82) is 0 Å². The Morgan fingerprint density at radius 1 is 1.58 bits per heavy atom. The lowest BCUT2D eigenvalue weighted by atomic mass is 10.1. The highest BCUT2D eigenvalue weighted by molar-refractivity contribution is 4.72. The van der Waals surface area contributed by atoms with Crippen molar-refractivity contribution in [2.75, 3.05) is 19.6 Å². The molecule has 0 aromatic rings. The van der Waals surface area contributed by atoms with Gasteiger partial charge in [-0.25, -0.2) is 5.90 Å². The zero-order chi connectivity index (χ0) is 8.81. The summed E-state index contributed by atoms with van der Waals surface area (Å²) in [6, 6.07) is 0. The van der Waals surface area contributed by atoms with Crippen molar-refractivity contribution in [3.8, 4) is 0 Å². The summed E-state index contributed by atoms with van der Waals surface area (Å²) in [5.74, 6) is 5.17. The summed E-state index contributed by atoms with van der Waals surface area (Å²) in [5, 5.41) is 0. The first-order chi connectivity index (χ1) is 5.86. The molecular weight excluding hydrogens is 152 g/mol. The number of nitrogens with zero attached hydrogens (tertiary/aromatic N) is 1. The molecule has 12 heavy (non-hydrogen) atoms. The molecule has 72 valence electrons. The van der Waals surface area contributed by atoms with Crippen LogP contribution in [0.25, 0.3) is 0 Å². The monoisotopic (exact) mass is 172 g/mol. The van der Waals surface area contributed by atoms with Crippen molar-refractivity contribution in [1.82, 2.24) is 4.90 Å². The predicted octanol–water partition coefficient (Wildman–Crippen LogP) is 1.14. The topological polar surface area (TPSA) is 38.5 Å². The van der Waals surface area contributed by atoms with Crippen LogP contribution in [0.2, 0.25) is 0 Å². The van der Waals surface area contributed by atoms with Crippen LogP contribution in [0.3, 0.4) is 0 Å². The second-order valence-corrected chi connectivity index (χ2v) is 3.55. The average molecular weight is 172 g/mol. The molecule has 0 bridgehead atoms. The Balaban J connectivity index is 2.16. The summed E-state index contributed by atoms with van der Waals surface area (Å²) in [5.41, 5.74) is 0. The van der Waals surface area contributed by atoms with Gasteiger partial charge in [-0.2, -0.15) is 0 Å². The molecule has 1 saturated heterocycles. The molecule has 1 atom stereocenters. The van der Waals surface area contributed by atoms with E-state index in [-0.39, 0.29) is 6.10 Å². The van der Waals surface area contributed by atoms with Gasteiger partial charge in [-0.05, 0) is 32.4 Å². The lowest BCUT2D eigenvalue weighted by molar-refractivity contribution is -0.00167. The maximum Gasteiger partial charge on any atom is 0.0914 e. The van der Waals surface area contributed by atoms with Gasteiger partial charge >= 0.3 is 0 Å². The van der Waals surface area contributed by atoms with Crippen LogP contribution >= 0.6 is 0 Å². The van der Waals surface area contributed by atoms with Crippen LogP contribution < -0.4 is 5.90 Å². The first-order valence-electron chi connectivity index (χ1n) is 4.94. The van der Waals surface area contributed by atoms with Crippen molar-refractivity contribution in [2.45, 2.75) is 38.7 Å². The van der Waals surface area contributed by atoms with E-state index >= 15 is 0 Å². The Kier molecular flexibility index (Phi) is 4.58. The van der Waals surface area contributed by atoms with Crippen LogP contribution in [0.4, 0.5) is 0 Å². The fourth-order valence-corrected chi connectivity index (χ4v) is 1.71. The lowest BCUT2D eigenvalue weighted by Crippen LogP contribution is -2.41. The molecule has 0 amide bonds. The van der Waals surface area contributed by atoms with Crippen LogP contribution in [0.5, 0.6) is 0 Å². The molecule has 0 spiro atoms. The van der Waals surface area contributed by atoms with Gasteiger partial charge < -0.3 is 4.90 Å². The predicted molar refractivity (Wildman–Crippen MR) is 49.6 cm³/mol. The largest absolute Gasteiger partial charge is 0.301 e. The molecule has 1 fully saturated rings. The molecule has 1 aliphatic rings. The van der Waals surface area contributed by atoms with E-state index in [1.165, 1.54) is 32.4 Å². The van der Waals surface area contributed by atoms with Crippen molar-refractivity contribution < 1.29 is 4.84 Å². The molecular formula is C9H20N2O. The number of rotatable bonds is 4. The molecule has 0 aliphatic carbocycles. The summed E-state index contributed by atoms with van der Waals surface area (Å²) in [4.78, 5) is 7.31. The smallest absolute Gasteiger partial charge is 0.0914 e. The highest BCUT2D eigenvalue weighted by atomic mass is 16.6. The van der Waals surface area contributed by atoms with Gasteiger partial charge in [-0.3, -0.25) is 4.84 Å². The SMILES string of the molecule is CCCCN1CCCC(ON)C1. The number of piperidine rings is 1. The van der Waals surface area contributed by atoms with E-state index in [1.807, 2.05) is 0 Å². The van der Waals surface area contributed by atoms with E-state index < -0.39 is 0 Å². The summed E-state index contributed by atoms with van der Waals surface area (Å²) in [7, 11) is 0. The zero-order valence-electron chi connectivity index (χ0n) is 7.96. The van der Waals surface area contributed by atoms with Crippen LogP contribution in [-0.2, 0) is 4.84 Å². The van der Waals surface area contributed by atoms with Gasteiger partial charge in [0.2, 0.25) is 0 Å². The highest BCUT2D eigenvalue weighted by Gasteiger charge is 2.18. The molecule has 1 rings (SSSR count). The summed E-state index contributed by atoms with van der Waals surface area (Å²) in [6.45, 7) is 5.67. The van der Waals surface area contributed by atoms with Crippen LogP contribution in [0.1, 0.15) is 32.6 Å². The zero-order valence-corrected chi connectivity index (χ0v) is 7.96. The molecule has 1 unspecified atom stereocenters. The molecule has 2 N–H and O–H groups in total. The fraction of sp³-hybridized carbons (Fsp3) is 1.00. The van der Waals surface area contributed by atoms with Crippen LogP contribution in [0.15, 0.2) is 0 Å². The number of unbranched alkanes of at least 4 members (excludes halogenated alkanes) is 1. The van der Waals surface area contributed by atoms with Crippen LogP contribution in [-0.4, -0.2) is 30.6 Å². The molecule has 0 saturated carbocycles. The third kappa shape index (κ3) is 3.09. The third-order valence-electron chi connectivity index (χ3n) is 2.48.